The molecule has 0 aliphatic carbocycles. The van der Waals surface area contributed by atoms with E-state index < -0.39 is 5.97 Å². The minimum absolute atomic E-state index is 0.293. The van der Waals surface area contributed by atoms with Gasteiger partial charge in [0, 0.05) is 11.0 Å². The van der Waals surface area contributed by atoms with E-state index >= 15 is 0 Å². The lowest BCUT2D eigenvalue weighted by Gasteiger charge is -2.37. The third kappa shape index (κ3) is 4.38. The van der Waals surface area contributed by atoms with Crippen LogP contribution in [0.1, 0.15) is 16.5 Å². The van der Waals surface area contributed by atoms with E-state index in [-0.39, 0.29) is 18.6 Å². The van der Waals surface area contributed by atoms with Crippen LogP contribution < -0.4 is 9.64 Å². The minimum Gasteiger partial charge on any atom is -0.489 e. The number of carbonyl (C=O) groups is 2. The Morgan fingerprint density at radius 1 is 1.07 bits per heavy atom. The van der Waals surface area contributed by atoms with E-state index in [0.29, 0.717) is 18.0 Å². The summed E-state index contributed by atoms with van der Waals surface area (Å²) >= 11 is 1.52. The molecule has 0 N–H and O–H groups in total. The number of benzene rings is 2. The largest absolute Gasteiger partial charge is 0.489 e. The van der Waals surface area contributed by atoms with E-state index in [1.165, 1.54) is 17.4 Å². The maximum Gasteiger partial charge on any atom is 0.331 e. The summed E-state index contributed by atoms with van der Waals surface area (Å²) in [5, 5.41) is 1.92. The third-order valence-corrected chi connectivity index (χ3v) is 5.39. The maximum atomic E-state index is 13.1. The summed E-state index contributed by atoms with van der Waals surface area (Å²) < 4.78 is 11.1. The summed E-state index contributed by atoms with van der Waals surface area (Å²) in [4.78, 5) is 27.7. The number of hydrogen-bond donors (Lipinski definition) is 0. The first-order chi connectivity index (χ1) is 14.2. The van der Waals surface area contributed by atoms with E-state index in [2.05, 4.69) is 0 Å². The molecule has 0 unspecified atom stereocenters. The highest BCUT2D eigenvalue weighted by Crippen LogP contribution is 2.39. The van der Waals surface area contributed by atoms with Crippen molar-refractivity contribution in [3.05, 3.63) is 88.6 Å². The monoisotopic (exact) mass is 405 g/mol. The lowest BCUT2D eigenvalue weighted by atomic mass is 10.0. The number of esters is 1. The van der Waals surface area contributed by atoms with E-state index in [1.54, 1.807) is 11.0 Å². The predicted octanol–water partition coefficient (Wildman–Crippen LogP) is 4.47. The zero-order chi connectivity index (χ0) is 20.1. The third-order valence-electron chi connectivity index (χ3n) is 4.55. The zero-order valence-corrected chi connectivity index (χ0v) is 16.4. The molecule has 5 nitrogen and oxygen atoms in total. The number of thiophene rings is 1. The Hall–Kier alpha value is -3.38. The fourth-order valence-electron chi connectivity index (χ4n) is 3.20. The molecule has 1 amide bonds. The topological polar surface area (TPSA) is 55.8 Å². The van der Waals surface area contributed by atoms with Crippen LogP contribution in [0.25, 0.3) is 6.08 Å². The normalized spacial score (nSPS) is 15.6. The molecule has 0 saturated carbocycles. The Kier molecular flexibility index (Phi) is 5.72. The summed E-state index contributed by atoms with van der Waals surface area (Å²) in [5.41, 5.74) is 1.63. The number of fused-ring (bicyclic) bond motifs is 1. The summed E-state index contributed by atoms with van der Waals surface area (Å²) in [6.07, 6.45) is 3.01. The Balaban J connectivity index is 1.51. The van der Waals surface area contributed by atoms with Gasteiger partial charge in [-0.15, -0.1) is 11.3 Å². The van der Waals surface area contributed by atoms with Crippen LogP contribution in [0, 0.1) is 0 Å². The van der Waals surface area contributed by atoms with Crippen molar-refractivity contribution in [2.24, 2.45) is 0 Å². The van der Waals surface area contributed by atoms with Crippen LogP contribution in [0.15, 0.2) is 78.2 Å². The molecular formula is C23H19NO4S. The molecule has 3 aromatic rings. The van der Waals surface area contributed by atoms with Gasteiger partial charge in [-0.1, -0.05) is 48.5 Å². The lowest BCUT2D eigenvalue weighted by Crippen LogP contribution is -2.43. The Morgan fingerprint density at radius 2 is 1.86 bits per heavy atom. The van der Waals surface area contributed by atoms with Gasteiger partial charge in [0.2, 0.25) is 0 Å². The van der Waals surface area contributed by atoms with Crippen LogP contribution in [0.3, 0.4) is 0 Å². The highest BCUT2D eigenvalue weighted by atomic mass is 32.1. The van der Waals surface area contributed by atoms with Crippen molar-refractivity contribution in [3.63, 3.8) is 0 Å². The van der Waals surface area contributed by atoms with E-state index in [4.69, 9.17) is 9.47 Å². The van der Waals surface area contributed by atoms with Crippen LogP contribution in [0.4, 0.5) is 5.69 Å². The zero-order valence-electron chi connectivity index (χ0n) is 15.6. The number of ether oxygens (including phenoxy) is 2. The van der Waals surface area contributed by atoms with E-state index in [1.807, 2.05) is 72.1 Å². The van der Waals surface area contributed by atoms with Crippen molar-refractivity contribution in [2.45, 2.75) is 6.04 Å². The van der Waals surface area contributed by atoms with Crippen LogP contribution in [0.2, 0.25) is 0 Å². The number of para-hydroxylation sites is 2. The fourth-order valence-corrected chi connectivity index (χ4v) is 3.82. The molecule has 4 rings (SSSR count). The molecule has 1 aliphatic heterocycles. The molecule has 0 spiro atoms. The summed E-state index contributed by atoms with van der Waals surface area (Å²) in [7, 11) is 0. The number of carbonyl (C=O) groups excluding carboxylic acids is 2. The SMILES string of the molecule is O=C(/C=C\c1cccs1)OCC(=O)N1c2ccccc2OC[C@@H]1c1ccccc1. The average molecular weight is 405 g/mol. The average Bonchev–Trinajstić information content (AvgIpc) is 3.29. The molecule has 0 saturated heterocycles. The Morgan fingerprint density at radius 3 is 2.66 bits per heavy atom. The van der Waals surface area contributed by atoms with Gasteiger partial charge < -0.3 is 9.47 Å². The molecule has 1 aliphatic rings. The standard InChI is InChI=1S/C23H19NO4S/c25-22(16-28-23(26)13-12-18-9-6-14-29-18)24-19-10-4-5-11-21(19)27-15-20(24)17-7-2-1-3-8-17/h1-14,20H,15-16H2/b13-12-/t20-/m1/s1. The maximum absolute atomic E-state index is 13.1. The van der Waals surface area contributed by atoms with Gasteiger partial charge in [-0.05, 0) is 35.2 Å². The molecule has 1 aromatic heterocycles. The van der Waals surface area contributed by atoms with Gasteiger partial charge in [-0.25, -0.2) is 4.79 Å². The first-order valence-corrected chi connectivity index (χ1v) is 10.1. The molecule has 2 heterocycles. The highest BCUT2D eigenvalue weighted by Gasteiger charge is 2.33. The van der Waals surface area contributed by atoms with Crippen molar-refractivity contribution in [2.75, 3.05) is 18.1 Å². The first-order valence-electron chi connectivity index (χ1n) is 9.19. The van der Waals surface area contributed by atoms with Gasteiger partial charge in [0.05, 0.1) is 11.7 Å². The first kappa shape index (κ1) is 19.0. The van der Waals surface area contributed by atoms with Gasteiger partial charge in [0.25, 0.3) is 5.91 Å². The Labute approximate surface area is 172 Å². The number of rotatable bonds is 5. The lowest BCUT2D eigenvalue weighted by molar-refractivity contribution is -0.143. The van der Waals surface area contributed by atoms with Crippen molar-refractivity contribution in [1.29, 1.82) is 0 Å². The molecule has 146 valence electrons. The van der Waals surface area contributed by atoms with Gasteiger partial charge in [0.1, 0.15) is 12.4 Å². The van der Waals surface area contributed by atoms with Gasteiger partial charge >= 0.3 is 5.97 Å². The van der Waals surface area contributed by atoms with Gasteiger partial charge in [-0.2, -0.15) is 0 Å². The highest BCUT2D eigenvalue weighted by molar-refractivity contribution is 7.10. The number of hydrogen-bond acceptors (Lipinski definition) is 5. The van der Waals surface area contributed by atoms with Crippen LogP contribution >= 0.6 is 11.3 Å². The number of amides is 1. The van der Waals surface area contributed by atoms with Crippen molar-refractivity contribution >= 4 is 35.0 Å². The minimum atomic E-state index is -0.551. The van der Waals surface area contributed by atoms with E-state index in [0.717, 1.165) is 10.4 Å². The summed E-state index contributed by atoms with van der Waals surface area (Å²) in [6, 6.07) is 20.6. The molecule has 29 heavy (non-hydrogen) atoms. The number of anilines is 1. The van der Waals surface area contributed by atoms with Crippen molar-refractivity contribution < 1.29 is 19.1 Å². The Bertz CT molecular complexity index is 1010. The molecule has 0 bridgehead atoms. The van der Waals surface area contributed by atoms with Crippen LogP contribution in [-0.4, -0.2) is 25.1 Å². The second kappa shape index (κ2) is 8.75. The molecule has 0 fully saturated rings. The second-order valence-corrected chi connectivity index (χ2v) is 7.40. The molecular weight excluding hydrogens is 386 g/mol. The molecule has 2 aromatic carbocycles. The second-order valence-electron chi connectivity index (χ2n) is 6.43. The predicted molar refractivity (Wildman–Crippen MR) is 113 cm³/mol. The molecule has 6 heteroatoms. The molecule has 1 atom stereocenters. The van der Waals surface area contributed by atoms with Gasteiger partial charge in [0.15, 0.2) is 6.61 Å². The summed E-state index contributed by atoms with van der Waals surface area (Å²) in [5.74, 6) is -0.214. The number of nitrogens with zero attached hydrogens (tertiary/aromatic N) is 1. The van der Waals surface area contributed by atoms with Crippen molar-refractivity contribution in [3.8, 4) is 5.75 Å². The quantitative estimate of drug-likeness (QED) is 0.464. The summed E-state index contributed by atoms with van der Waals surface area (Å²) in [6.45, 7) is -0.00965. The van der Waals surface area contributed by atoms with Gasteiger partial charge in [-0.3, -0.25) is 9.69 Å². The van der Waals surface area contributed by atoms with Crippen molar-refractivity contribution in [1.82, 2.24) is 0 Å². The smallest absolute Gasteiger partial charge is 0.331 e. The van der Waals surface area contributed by atoms with Crippen LogP contribution in [-0.2, 0) is 14.3 Å². The van der Waals surface area contributed by atoms with E-state index in [9.17, 15) is 9.59 Å². The van der Waals surface area contributed by atoms with Crippen LogP contribution in [0.5, 0.6) is 5.75 Å². The molecule has 0 radical (unpaired) electrons. The fraction of sp³-hybridized carbons (Fsp3) is 0.130.